The van der Waals surface area contributed by atoms with Crippen molar-refractivity contribution in [1.29, 1.82) is 0 Å². The summed E-state index contributed by atoms with van der Waals surface area (Å²) in [6.45, 7) is 0.776. The Labute approximate surface area is 80.6 Å². The Kier molecular flexibility index (Phi) is 8.98. The molecule has 0 heterocycles. The number of isothiocyanates is 1. The van der Waals surface area contributed by atoms with Crippen molar-refractivity contribution in [3.8, 4) is 0 Å². The summed E-state index contributed by atoms with van der Waals surface area (Å²) in [6.07, 6.45) is 2.14. The maximum Gasteiger partial charge on any atom is 0.320 e. The van der Waals surface area contributed by atoms with E-state index < -0.39 is 9.28 Å². The molecule has 0 aliphatic heterocycles. The molecule has 0 aliphatic carbocycles. The topological polar surface area (TPSA) is 30.8 Å². The number of hydrogen-bond acceptors (Lipinski definition) is 4. The summed E-state index contributed by atoms with van der Waals surface area (Å²) in [5.74, 6) is 0. The standard InChI is InChI=1S/C7H15NO2SSi/c1-9-12(10-2)6-4-3-5-8-7-11/h12H,3-6H2,1-2H3. The molecule has 0 radical (unpaired) electrons. The number of thiocarbonyl (C=S) groups is 1. The molecular formula is C7H15NO2SSi. The molecule has 70 valence electrons. The molecule has 3 nitrogen and oxygen atoms in total. The molecule has 0 bridgehead atoms. The Bertz CT molecular complexity index is 146. The van der Waals surface area contributed by atoms with Crippen molar-refractivity contribution in [3.05, 3.63) is 0 Å². The van der Waals surface area contributed by atoms with Gasteiger partial charge < -0.3 is 8.85 Å². The van der Waals surface area contributed by atoms with E-state index >= 15 is 0 Å². The Morgan fingerprint density at radius 2 is 2.00 bits per heavy atom. The molecule has 0 atom stereocenters. The van der Waals surface area contributed by atoms with Crippen LogP contribution in [0, 0.1) is 0 Å². The third kappa shape index (κ3) is 6.63. The fourth-order valence-electron chi connectivity index (χ4n) is 0.879. The molecule has 0 aromatic heterocycles. The second kappa shape index (κ2) is 9.03. The van der Waals surface area contributed by atoms with Gasteiger partial charge in [0, 0.05) is 20.8 Å². The van der Waals surface area contributed by atoms with E-state index in [2.05, 4.69) is 22.4 Å². The summed E-state index contributed by atoms with van der Waals surface area (Å²) < 4.78 is 10.3. The number of rotatable bonds is 7. The van der Waals surface area contributed by atoms with E-state index in [4.69, 9.17) is 8.85 Å². The van der Waals surface area contributed by atoms with E-state index in [-0.39, 0.29) is 0 Å². The van der Waals surface area contributed by atoms with E-state index in [0.717, 1.165) is 25.4 Å². The lowest BCUT2D eigenvalue weighted by Gasteiger charge is -2.09. The van der Waals surface area contributed by atoms with Crippen molar-refractivity contribution < 1.29 is 8.85 Å². The lowest BCUT2D eigenvalue weighted by molar-refractivity contribution is 0.276. The number of hydrogen-bond donors (Lipinski definition) is 0. The molecule has 0 unspecified atom stereocenters. The van der Waals surface area contributed by atoms with Crippen molar-refractivity contribution in [2.75, 3.05) is 20.8 Å². The minimum atomic E-state index is -1.33. The summed E-state index contributed by atoms with van der Waals surface area (Å²) >= 11 is 4.44. The molecule has 0 spiro atoms. The number of unbranched alkanes of at least 4 members (excludes halogenated alkanes) is 1. The first kappa shape index (κ1) is 11.9. The Hall–Kier alpha value is -0.0631. The van der Waals surface area contributed by atoms with Crippen LogP contribution in [0.2, 0.25) is 6.04 Å². The predicted octanol–water partition coefficient (Wildman–Crippen LogP) is 1.38. The zero-order chi connectivity index (χ0) is 9.23. The average molecular weight is 205 g/mol. The molecule has 0 aliphatic rings. The molecular weight excluding hydrogens is 190 g/mol. The van der Waals surface area contributed by atoms with Crippen molar-refractivity contribution in [2.45, 2.75) is 18.9 Å². The summed E-state index contributed by atoms with van der Waals surface area (Å²) in [4.78, 5) is 3.82. The first-order valence-corrected chi connectivity index (χ1v) is 6.11. The monoisotopic (exact) mass is 205 g/mol. The van der Waals surface area contributed by atoms with Gasteiger partial charge in [-0.05, 0) is 31.1 Å². The highest BCUT2D eigenvalue weighted by molar-refractivity contribution is 7.78. The largest absolute Gasteiger partial charge is 0.400 e. The molecule has 5 heteroatoms. The lowest BCUT2D eigenvalue weighted by Crippen LogP contribution is -2.18. The van der Waals surface area contributed by atoms with Gasteiger partial charge in [-0.15, -0.1) is 0 Å². The molecule has 0 fully saturated rings. The summed E-state index contributed by atoms with van der Waals surface area (Å²) in [5, 5.41) is 2.34. The summed E-state index contributed by atoms with van der Waals surface area (Å²) in [5.41, 5.74) is 0. The minimum Gasteiger partial charge on any atom is -0.400 e. The van der Waals surface area contributed by atoms with Gasteiger partial charge in [0.1, 0.15) is 0 Å². The molecule has 0 saturated carbocycles. The van der Waals surface area contributed by atoms with Crippen molar-refractivity contribution in [2.24, 2.45) is 4.99 Å². The van der Waals surface area contributed by atoms with Crippen LogP contribution in [0.5, 0.6) is 0 Å². The number of aliphatic imine (C=N–C) groups is 1. The summed E-state index contributed by atoms with van der Waals surface area (Å²) in [6, 6.07) is 1.04. The maximum absolute atomic E-state index is 5.16. The van der Waals surface area contributed by atoms with Crippen molar-refractivity contribution >= 4 is 26.7 Å². The van der Waals surface area contributed by atoms with Crippen LogP contribution < -0.4 is 0 Å². The van der Waals surface area contributed by atoms with Crippen LogP contribution in [0.25, 0.3) is 0 Å². The second-order valence-corrected chi connectivity index (χ2v) is 4.93. The van der Waals surface area contributed by atoms with Crippen LogP contribution in [0.4, 0.5) is 0 Å². The second-order valence-electron chi connectivity index (χ2n) is 2.37. The maximum atomic E-state index is 5.16. The van der Waals surface area contributed by atoms with Gasteiger partial charge >= 0.3 is 9.28 Å². The van der Waals surface area contributed by atoms with Gasteiger partial charge in [0.2, 0.25) is 0 Å². The Morgan fingerprint density at radius 3 is 2.50 bits per heavy atom. The van der Waals surface area contributed by atoms with Gasteiger partial charge in [-0.1, -0.05) is 0 Å². The van der Waals surface area contributed by atoms with Crippen molar-refractivity contribution in [3.63, 3.8) is 0 Å². The fraction of sp³-hybridized carbons (Fsp3) is 0.857. The minimum absolute atomic E-state index is 0.776. The van der Waals surface area contributed by atoms with Gasteiger partial charge in [0.05, 0.1) is 5.16 Å². The van der Waals surface area contributed by atoms with E-state index in [1.165, 1.54) is 0 Å². The van der Waals surface area contributed by atoms with Crippen LogP contribution in [0.15, 0.2) is 4.99 Å². The van der Waals surface area contributed by atoms with Gasteiger partial charge in [0.15, 0.2) is 0 Å². The van der Waals surface area contributed by atoms with Gasteiger partial charge in [-0.2, -0.15) is 0 Å². The van der Waals surface area contributed by atoms with Gasteiger partial charge in [-0.3, -0.25) is 0 Å². The smallest absolute Gasteiger partial charge is 0.320 e. The van der Waals surface area contributed by atoms with Gasteiger partial charge in [-0.25, -0.2) is 4.99 Å². The molecule has 0 aromatic rings. The van der Waals surface area contributed by atoms with E-state index in [9.17, 15) is 0 Å². The van der Waals surface area contributed by atoms with Crippen LogP contribution in [-0.4, -0.2) is 35.2 Å². The normalized spacial score (nSPS) is 9.92. The highest BCUT2D eigenvalue weighted by Crippen LogP contribution is 2.02. The molecule has 12 heavy (non-hydrogen) atoms. The highest BCUT2D eigenvalue weighted by atomic mass is 32.1. The average Bonchev–Trinajstić information content (AvgIpc) is 2.11. The van der Waals surface area contributed by atoms with E-state index in [1.54, 1.807) is 14.2 Å². The van der Waals surface area contributed by atoms with E-state index in [0.29, 0.717) is 0 Å². The summed E-state index contributed by atoms with van der Waals surface area (Å²) in [7, 11) is 2.08. The Balaban J connectivity index is 3.22. The molecule has 0 rings (SSSR count). The zero-order valence-corrected chi connectivity index (χ0v) is 9.55. The lowest BCUT2D eigenvalue weighted by atomic mass is 10.3. The van der Waals surface area contributed by atoms with Gasteiger partial charge in [0.25, 0.3) is 0 Å². The zero-order valence-electron chi connectivity index (χ0n) is 7.58. The Morgan fingerprint density at radius 1 is 1.33 bits per heavy atom. The van der Waals surface area contributed by atoms with Crippen LogP contribution in [0.1, 0.15) is 12.8 Å². The number of nitrogens with zero attached hydrogens (tertiary/aromatic N) is 1. The quantitative estimate of drug-likeness (QED) is 0.272. The SMILES string of the molecule is CO[SiH](CCCCN=C=S)OC. The third-order valence-electron chi connectivity index (χ3n) is 1.55. The predicted molar refractivity (Wildman–Crippen MR) is 55.1 cm³/mol. The molecule has 0 aromatic carbocycles. The first-order chi connectivity index (χ1) is 5.85. The van der Waals surface area contributed by atoms with Crippen molar-refractivity contribution in [1.82, 2.24) is 0 Å². The van der Waals surface area contributed by atoms with Crippen LogP contribution in [-0.2, 0) is 8.85 Å². The van der Waals surface area contributed by atoms with Crippen LogP contribution in [0.3, 0.4) is 0 Å². The molecule has 0 saturated heterocycles. The van der Waals surface area contributed by atoms with Crippen LogP contribution >= 0.6 is 12.2 Å². The highest BCUT2D eigenvalue weighted by Gasteiger charge is 2.07. The van der Waals surface area contributed by atoms with E-state index in [1.807, 2.05) is 0 Å². The molecule has 0 amide bonds. The molecule has 0 N–H and O–H groups in total. The third-order valence-corrected chi connectivity index (χ3v) is 3.61. The fourth-order valence-corrected chi connectivity index (χ4v) is 2.26. The first-order valence-electron chi connectivity index (χ1n) is 3.94.